The molecule has 1 aromatic heterocycles. The molecule has 1 unspecified atom stereocenters. The molecular weight excluding hydrogens is 278 g/mol. The van der Waals surface area contributed by atoms with Crippen LogP contribution in [0.15, 0.2) is 34.7 Å². The molecule has 5 nitrogen and oxygen atoms in total. The molecule has 0 aliphatic carbocycles. The van der Waals surface area contributed by atoms with Gasteiger partial charge >= 0.3 is 6.03 Å². The van der Waals surface area contributed by atoms with Crippen LogP contribution in [0.5, 0.6) is 0 Å². The van der Waals surface area contributed by atoms with Gasteiger partial charge in [-0.25, -0.2) is 4.79 Å². The summed E-state index contributed by atoms with van der Waals surface area (Å²) in [7, 11) is 3.98. The third-order valence-corrected chi connectivity index (χ3v) is 3.51. The number of aryl methyl sites for hydroxylation is 2. The molecule has 5 heteroatoms. The quantitative estimate of drug-likeness (QED) is 0.902. The lowest BCUT2D eigenvalue weighted by molar-refractivity contribution is 0.247. The van der Waals surface area contributed by atoms with Gasteiger partial charge in [0.1, 0.15) is 11.5 Å². The fourth-order valence-corrected chi connectivity index (χ4v) is 2.18. The number of hydrogen-bond donors (Lipinski definition) is 2. The van der Waals surface area contributed by atoms with Gasteiger partial charge in [-0.2, -0.15) is 0 Å². The first-order valence-electron chi connectivity index (χ1n) is 7.28. The van der Waals surface area contributed by atoms with Crippen LogP contribution in [0.25, 0.3) is 0 Å². The number of hydrogen-bond acceptors (Lipinski definition) is 3. The van der Waals surface area contributed by atoms with Crippen LogP contribution in [0.3, 0.4) is 0 Å². The molecule has 0 aliphatic heterocycles. The third kappa shape index (κ3) is 3.81. The monoisotopic (exact) mass is 301 g/mol. The SMILES string of the molecule is Cc1ccc(C(C)NC(=O)Nc2ccc(N(C)C)cc2C)o1. The number of benzene rings is 1. The van der Waals surface area contributed by atoms with Crippen molar-refractivity contribution in [1.82, 2.24) is 5.32 Å². The number of amides is 2. The average Bonchev–Trinajstić information content (AvgIpc) is 2.87. The number of rotatable bonds is 4. The zero-order chi connectivity index (χ0) is 16.3. The Kier molecular flexibility index (Phi) is 4.75. The molecular formula is C17H23N3O2. The molecule has 2 N–H and O–H groups in total. The predicted molar refractivity (Wildman–Crippen MR) is 89.5 cm³/mol. The molecule has 2 amide bonds. The molecule has 0 aliphatic rings. The summed E-state index contributed by atoms with van der Waals surface area (Å²) >= 11 is 0. The maximum absolute atomic E-state index is 12.1. The van der Waals surface area contributed by atoms with Crippen LogP contribution in [0, 0.1) is 13.8 Å². The Labute approximate surface area is 131 Å². The molecule has 2 aromatic rings. The van der Waals surface area contributed by atoms with Crippen molar-refractivity contribution in [3.05, 3.63) is 47.4 Å². The Morgan fingerprint density at radius 2 is 1.91 bits per heavy atom. The van der Waals surface area contributed by atoms with Crippen LogP contribution in [-0.2, 0) is 0 Å². The van der Waals surface area contributed by atoms with Crippen LogP contribution in [0.1, 0.15) is 30.0 Å². The number of furan rings is 1. The minimum Gasteiger partial charge on any atom is -0.464 e. The second-order valence-corrected chi connectivity index (χ2v) is 5.66. The minimum absolute atomic E-state index is 0.185. The van der Waals surface area contributed by atoms with Gasteiger partial charge in [0, 0.05) is 25.5 Å². The van der Waals surface area contributed by atoms with E-state index in [9.17, 15) is 4.79 Å². The predicted octanol–water partition coefficient (Wildman–Crippen LogP) is 3.85. The summed E-state index contributed by atoms with van der Waals surface area (Å²) in [6.45, 7) is 5.74. The number of anilines is 2. The van der Waals surface area contributed by atoms with Gasteiger partial charge in [0.05, 0.1) is 6.04 Å². The number of nitrogens with one attached hydrogen (secondary N) is 2. The first kappa shape index (κ1) is 15.9. The molecule has 0 spiro atoms. The average molecular weight is 301 g/mol. The molecule has 1 aromatic carbocycles. The zero-order valence-corrected chi connectivity index (χ0v) is 13.7. The normalized spacial score (nSPS) is 11.9. The minimum atomic E-state index is -0.248. The van der Waals surface area contributed by atoms with Crippen LogP contribution < -0.4 is 15.5 Å². The van der Waals surface area contributed by atoms with E-state index in [-0.39, 0.29) is 12.1 Å². The zero-order valence-electron chi connectivity index (χ0n) is 13.7. The molecule has 118 valence electrons. The van der Waals surface area contributed by atoms with Crippen molar-refractivity contribution in [2.75, 3.05) is 24.3 Å². The molecule has 0 saturated carbocycles. The van der Waals surface area contributed by atoms with Crippen molar-refractivity contribution < 1.29 is 9.21 Å². The van der Waals surface area contributed by atoms with Crippen LogP contribution in [-0.4, -0.2) is 20.1 Å². The number of carbonyl (C=O) groups is 1. The van der Waals surface area contributed by atoms with E-state index >= 15 is 0 Å². The second-order valence-electron chi connectivity index (χ2n) is 5.66. The van der Waals surface area contributed by atoms with E-state index in [2.05, 4.69) is 10.6 Å². The summed E-state index contributed by atoms with van der Waals surface area (Å²) in [6, 6.07) is 9.24. The molecule has 1 atom stereocenters. The van der Waals surface area contributed by atoms with Gasteiger partial charge in [0.25, 0.3) is 0 Å². The van der Waals surface area contributed by atoms with Gasteiger partial charge in [-0.15, -0.1) is 0 Å². The van der Waals surface area contributed by atoms with Gasteiger partial charge in [0.2, 0.25) is 0 Å². The first-order chi connectivity index (χ1) is 10.4. The summed E-state index contributed by atoms with van der Waals surface area (Å²) in [5.41, 5.74) is 2.91. The van der Waals surface area contributed by atoms with Crippen molar-refractivity contribution in [1.29, 1.82) is 0 Å². The van der Waals surface area contributed by atoms with E-state index < -0.39 is 0 Å². The molecule has 0 fully saturated rings. The second kappa shape index (κ2) is 6.56. The van der Waals surface area contributed by atoms with Crippen molar-refractivity contribution in [2.24, 2.45) is 0 Å². The molecule has 2 rings (SSSR count). The van der Waals surface area contributed by atoms with E-state index in [0.717, 1.165) is 28.5 Å². The number of nitrogens with zero attached hydrogens (tertiary/aromatic N) is 1. The van der Waals surface area contributed by atoms with Crippen LogP contribution in [0.4, 0.5) is 16.2 Å². The summed E-state index contributed by atoms with van der Waals surface area (Å²) in [6.07, 6.45) is 0. The maximum Gasteiger partial charge on any atom is 0.319 e. The van der Waals surface area contributed by atoms with E-state index in [0.29, 0.717) is 0 Å². The Hall–Kier alpha value is -2.43. The highest BCUT2D eigenvalue weighted by molar-refractivity contribution is 5.90. The molecule has 0 saturated heterocycles. The highest BCUT2D eigenvalue weighted by atomic mass is 16.3. The van der Waals surface area contributed by atoms with Gasteiger partial charge in [-0.3, -0.25) is 0 Å². The molecule has 0 bridgehead atoms. The fourth-order valence-electron chi connectivity index (χ4n) is 2.18. The third-order valence-electron chi connectivity index (χ3n) is 3.51. The summed E-state index contributed by atoms with van der Waals surface area (Å²) < 4.78 is 5.51. The highest BCUT2D eigenvalue weighted by Gasteiger charge is 2.13. The van der Waals surface area contributed by atoms with Crippen LogP contribution >= 0.6 is 0 Å². The molecule has 0 radical (unpaired) electrons. The van der Waals surface area contributed by atoms with Gasteiger partial charge in [0.15, 0.2) is 0 Å². The number of carbonyl (C=O) groups excluding carboxylic acids is 1. The molecule has 1 heterocycles. The standard InChI is InChI=1S/C17H23N3O2/c1-11-10-14(20(4)5)7-8-15(11)19-17(21)18-13(3)16-9-6-12(2)22-16/h6-10,13H,1-5H3,(H2,18,19,21). The lowest BCUT2D eigenvalue weighted by atomic mass is 10.1. The van der Waals surface area contributed by atoms with E-state index in [1.54, 1.807) is 0 Å². The topological polar surface area (TPSA) is 57.5 Å². The Morgan fingerprint density at radius 1 is 1.18 bits per heavy atom. The lowest BCUT2D eigenvalue weighted by Crippen LogP contribution is -2.31. The smallest absolute Gasteiger partial charge is 0.319 e. The van der Waals surface area contributed by atoms with Crippen LogP contribution in [0.2, 0.25) is 0 Å². The maximum atomic E-state index is 12.1. The fraction of sp³-hybridized carbons (Fsp3) is 0.353. The van der Waals surface area contributed by atoms with Crippen molar-refractivity contribution in [3.63, 3.8) is 0 Å². The van der Waals surface area contributed by atoms with E-state index in [4.69, 9.17) is 4.42 Å². The Bertz CT molecular complexity index is 662. The van der Waals surface area contributed by atoms with Gasteiger partial charge < -0.3 is 20.0 Å². The Balaban J connectivity index is 2.00. The van der Waals surface area contributed by atoms with E-state index in [1.807, 2.05) is 70.1 Å². The molecule has 22 heavy (non-hydrogen) atoms. The lowest BCUT2D eigenvalue weighted by Gasteiger charge is -2.17. The highest BCUT2D eigenvalue weighted by Crippen LogP contribution is 2.21. The first-order valence-corrected chi connectivity index (χ1v) is 7.28. The summed E-state index contributed by atoms with van der Waals surface area (Å²) in [4.78, 5) is 14.1. The van der Waals surface area contributed by atoms with Crippen molar-refractivity contribution >= 4 is 17.4 Å². The largest absolute Gasteiger partial charge is 0.464 e. The van der Waals surface area contributed by atoms with Gasteiger partial charge in [-0.1, -0.05) is 0 Å². The number of urea groups is 1. The van der Waals surface area contributed by atoms with Crippen molar-refractivity contribution in [2.45, 2.75) is 26.8 Å². The summed E-state index contributed by atoms with van der Waals surface area (Å²) in [5.74, 6) is 1.58. The van der Waals surface area contributed by atoms with E-state index in [1.165, 1.54) is 0 Å². The van der Waals surface area contributed by atoms with Crippen molar-refractivity contribution in [3.8, 4) is 0 Å². The Morgan fingerprint density at radius 3 is 2.45 bits per heavy atom. The summed E-state index contributed by atoms with van der Waals surface area (Å²) in [5, 5.41) is 5.74. The van der Waals surface area contributed by atoms with Gasteiger partial charge in [-0.05, 0) is 56.7 Å².